The van der Waals surface area contributed by atoms with Crippen molar-refractivity contribution in [1.82, 2.24) is 0 Å². The van der Waals surface area contributed by atoms with E-state index in [-0.39, 0.29) is 5.78 Å². The molecule has 0 aromatic heterocycles. The molecule has 0 aliphatic carbocycles. The summed E-state index contributed by atoms with van der Waals surface area (Å²) in [5.41, 5.74) is 1.10. The summed E-state index contributed by atoms with van der Waals surface area (Å²) in [5, 5.41) is 0. The summed E-state index contributed by atoms with van der Waals surface area (Å²) in [6.45, 7) is 1.88. The molecule has 0 saturated carbocycles. The zero-order chi connectivity index (χ0) is 15.6. The van der Waals surface area contributed by atoms with E-state index >= 15 is 0 Å². The Morgan fingerprint density at radius 1 is 1.09 bits per heavy atom. The molecule has 1 heterocycles. The van der Waals surface area contributed by atoms with E-state index < -0.39 is 0 Å². The number of hydrogen-bond acceptors (Lipinski definition) is 3. The minimum atomic E-state index is 0.119. The lowest BCUT2D eigenvalue weighted by Crippen LogP contribution is -1.92. The van der Waals surface area contributed by atoms with Crippen LogP contribution in [0.4, 0.5) is 0 Å². The maximum atomic E-state index is 10.7. The zero-order valence-electron chi connectivity index (χ0n) is 13.0. The fourth-order valence-electron chi connectivity index (χ4n) is 2.13. The first-order valence-corrected chi connectivity index (χ1v) is 7.65. The van der Waals surface area contributed by atoms with Gasteiger partial charge in [0, 0.05) is 0 Å². The van der Waals surface area contributed by atoms with Crippen molar-refractivity contribution in [2.75, 3.05) is 6.79 Å². The molecule has 0 fully saturated rings. The Balaban J connectivity index is 1.64. The first-order chi connectivity index (χ1) is 10.8. The molecule has 1 aromatic rings. The Kier molecular flexibility index (Phi) is 6.49. The lowest BCUT2D eigenvalue weighted by molar-refractivity contribution is -0.112. The Morgan fingerprint density at radius 2 is 1.86 bits per heavy atom. The number of ether oxygens (including phenoxy) is 2. The highest BCUT2D eigenvalue weighted by molar-refractivity contribution is 5.87. The van der Waals surface area contributed by atoms with Crippen LogP contribution in [0, 0.1) is 0 Å². The maximum Gasteiger partial charge on any atom is 0.231 e. The van der Waals surface area contributed by atoms with Crippen molar-refractivity contribution in [3.8, 4) is 11.5 Å². The van der Waals surface area contributed by atoms with E-state index in [1.165, 1.54) is 0 Å². The standard InChI is InChI=1S/C19H22O3/c1-16(20)10-8-6-4-2-3-5-7-9-11-17-12-13-18-19(14-17)22-15-21-18/h5,7-14H,2-4,6,15H2,1H3/b7-5+,10-8+,11-9+. The van der Waals surface area contributed by atoms with Gasteiger partial charge in [0.15, 0.2) is 17.3 Å². The molecule has 0 atom stereocenters. The van der Waals surface area contributed by atoms with E-state index in [1.54, 1.807) is 13.0 Å². The van der Waals surface area contributed by atoms with Gasteiger partial charge in [-0.3, -0.25) is 4.79 Å². The van der Waals surface area contributed by atoms with Crippen LogP contribution in [0.1, 0.15) is 38.2 Å². The van der Waals surface area contributed by atoms with Crippen LogP contribution >= 0.6 is 0 Å². The highest BCUT2D eigenvalue weighted by atomic mass is 16.7. The van der Waals surface area contributed by atoms with Gasteiger partial charge >= 0.3 is 0 Å². The molecule has 22 heavy (non-hydrogen) atoms. The molecule has 1 aliphatic rings. The van der Waals surface area contributed by atoms with Gasteiger partial charge in [-0.15, -0.1) is 0 Å². The summed E-state index contributed by atoms with van der Waals surface area (Å²) >= 11 is 0. The lowest BCUT2D eigenvalue weighted by Gasteiger charge is -1.96. The molecule has 3 nitrogen and oxygen atoms in total. The molecule has 0 radical (unpaired) electrons. The second kappa shape index (κ2) is 8.88. The number of carbonyl (C=O) groups excluding carboxylic acids is 1. The molecule has 1 aromatic carbocycles. The number of fused-ring (bicyclic) bond motifs is 1. The molecule has 0 spiro atoms. The van der Waals surface area contributed by atoms with Crippen molar-refractivity contribution in [2.24, 2.45) is 0 Å². The molecule has 116 valence electrons. The minimum absolute atomic E-state index is 0.119. The number of ketones is 1. The van der Waals surface area contributed by atoms with Gasteiger partial charge in [-0.2, -0.15) is 0 Å². The van der Waals surface area contributed by atoms with Gasteiger partial charge in [-0.1, -0.05) is 36.4 Å². The first kappa shape index (κ1) is 16.1. The normalized spacial score (nSPS) is 13.7. The van der Waals surface area contributed by atoms with Crippen LogP contribution in [0.15, 0.2) is 48.6 Å². The minimum Gasteiger partial charge on any atom is -0.454 e. The van der Waals surface area contributed by atoms with Crippen LogP contribution in [0.3, 0.4) is 0 Å². The largest absolute Gasteiger partial charge is 0.454 e. The van der Waals surface area contributed by atoms with Crippen molar-refractivity contribution in [2.45, 2.75) is 32.6 Å². The fraction of sp³-hybridized carbons (Fsp3) is 0.316. The van der Waals surface area contributed by atoms with Gasteiger partial charge in [0.05, 0.1) is 0 Å². The number of hydrogen-bond donors (Lipinski definition) is 0. The molecule has 0 saturated heterocycles. The summed E-state index contributed by atoms with van der Waals surface area (Å²) in [7, 11) is 0. The predicted octanol–water partition coefficient (Wildman–Crippen LogP) is 4.69. The van der Waals surface area contributed by atoms with E-state index in [9.17, 15) is 4.79 Å². The average molecular weight is 298 g/mol. The summed E-state index contributed by atoms with van der Waals surface area (Å²) in [4.78, 5) is 10.7. The van der Waals surface area contributed by atoms with Crippen molar-refractivity contribution in [3.63, 3.8) is 0 Å². The van der Waals surface area contributed by atoms with Crippen molar-refractivity contribution in [3.05, 3.63) is 54.1 Å². The molecule has 1 aliphatic heterocycles. The summed E-state index contributed by atoms with van der Waals surface area (Å²) in [6, 6.07) is 5.92. The second-order valence-electron chi connectivity index (χ2n) is 5.20. The number of rotatable bonds is 8. The van der Waals surface area contributed by atoms with Gasteiger partial charge in [0.2, 0.25) is 6.79 Å². The van der Waals surface area contributed by atoms with Gasteiger partial charge in [0.1, 0.15) is 0 Å². The monoisotopic (exact) mass is 298 g/mol. The van der Waals surface area contributed by atoms with Crippen LogP contribution in [0.2, 0.25) is 0 Å². The predicted molar refractivity (Wildman–Crippen MR) is 89.0 cm³/mol. The van der Waals surface area contributed by atoms with Crippen LogP contribution in [-0.4, -0.2) is 12.6 Å². The van der Waals surface area contributed by atoms with E-state index in [4.69, 9.17) is 9.47 Å². The quantitative estimate of drug-likeness (QED) is 0.397. The molecule has 0 unspecified atom stereocenters. The van der Waals surface area contributed by atoms with Gasteiger partial charge in [-0.25, -0.2) is 0 Å². The highest BCUT2D eigenvalue weighted by Gasteiger charge is 2.11. The number of benzene rings is 1. The SMILES string of the molecule is CC(=O)/C=C/CCCC/C=C/C=C/c1ccc2c(c1)OCO2. The zero-order valence-corrected chi connectivity index (χ0v) is 13.0. The van der Waals surface area contributed by atoms with Crippen molar-refractivity contribution < 1.29 is 14.3 Å². The fourth-order valence-corrected chi connectivity index (χ4v) is 2.13. The topological polar surface area (TPSA) is 35.5 Å². The molecule has 0 amide bonds. The Bertz CT molecular complexity index is 582. The van der Waals surface area contributed by atoms with E-state index in [0.717, 1.165) is 42.7 Å². The number of carbonyl (C=O) groups is 1. The lowest BCUT2D eigenvalue weighted by atomic mass is 10.1. The summed E-state index contributed by atoms with van der Waals surface area (Å²) in [5.74, 6) is 1.74. The third-order valence-corrected chi connectivity index (χ3v) is 3.28. The second-order valence-corrected chi connectivity index (χ2v) is 5.20. The van der Waals surface area contributed by atoms with Crippen molar-refractivity contribution >= 4 is 11.9 Å². The number of unbranched alkanes of at least 4 members (excludes halogenated alkanes) is 3. The van der Waals surface area contributed by atoms with Crippen molar-refractivity contribution in [1.29, 1.82) is 0 Å². The summed E-state index contributed by atoms with van der Waals surface area (Å²) < 4.78 is 10.6. The molecular weight excluding hydrogens is 276 g/mol. The molecule has 0 N–H and O–H groups in total. The maximum absolute atomic E-state index is 10.7. The average Bonchev–Trinajstić information content (AvgIpc) is 2.96. The van der Waals surface area contributed by atoms with Gasteiger partial charge in [-0.05, 0) is 56.4 Å². The van der Waals surface area contributed by atoms with Crippen LogP contribution in [-0.2, 0) is 4.79 Å². The Hall–Kier alpha value is -2.29. The van der Waals surface area contributed by atoms with E-state index in [1.807, 2.05) is 36.4 Å². The van der Waals surface area contributed by atoms with Crippen LogP contribution < -0.4 is 9.47 Å². The number of allylic oxidation sites excluding steroid dienone is 5. The van der Waals surface area contributed by atoms with E-state index in [2.05, 4.69) is 12.2 Å². The van der Waals surface area contributed by atoms with Gasteiger partial charge in [0.25, 0.3) is 0 Å². The first-order valence-electron chi connectivity index (χ1n) is 7.65. The van der Waals surface area contributed by atoms with Crippen LogP contribution in [0.25, 0.3) is 6.08 Å². The third-order valence-electron chi connectivity index (χ3n) is 3.28. The summed E-state index contributed by atoms with van der Waals surface area (Å²) in [6.07, 6.45) is 16.2. The highest BCUT2D eigenvalue weighted by Crippen LogP contribution is 2.32. The smallest absolute Gasteiger partial charge is 0.231 e. The van der Waals surface area contributed by atoms with Gasteiger partial charge < -0.3 is 9.47 Å². The van der Waals surface area contributed by atoms with Crippen LogP contribution in [0.5, 0.6) is 11.5 Å². The molecular formula is C19H22O3. The molecule has 0 bridgehead atoms. The Labute approximate surface area is 131 Å². The van der Waals surface area contributed by atoms with E-state index in [0.29, 0.717) is 6.79 Å². The molecule has 2 rings (SSSR count). The third kappa shape index (κ3) is 5.60. The molecule has 3 heteroatoms. The Morgan fingerprint density at radius 3 is 2.68 bits per heavy atom.